The van der Waals surface area contributed by atoms with Crippen LogP contribution in [0, 0.1) is 36.4 Å². The van der Waals surface area contributed by atoms with Crippen LogP contribution >= 0.6 is 0 Å². The van der Waals surface area contributed by atoms with Crippen molar-refractivity contribution >= 4 is 164 Å². The number of imidazole rings is 6. The molecule has 0 radical (unpaired) electrons. The first-order valence-electron chi connectivity index (χ1n) is 49.3. The van der Waals surface area contributed by atoms with Crippen LogP contribution in [0.4, 0.5) is 0 Å². The fourth-order valence-corrected chi connectivity index (χ4v) is 22.2. The number of fused-ring (bicyclic) bond motifs is 18. The molecule has 10 heterocycles. The molecule has 0 unspecified atom stereocenters. The SMILES string of the molecule is Cn1c(-c2[c-]c(-n3c4[c-]c(-c5nc6ccc(-c7cccc8ccccc78)cc6n5C)ccc4c4cccnc43)ccc2)nc2ccccc21.Cn1c(-c2[c-]c(-n3c4[c-]c(-c5nc6ccccc6n5C)ccc4c4cc(-c5cccc6ccccc56)ccc43)ccc2)nc2ccccc21.Cn1c(-c2[c-]c(-n3c4[c-]c(-c5nc6ccccc6n5C)ccc4c4ccc(-c5cccc6ccccc56)cc43)ccc2)nc2ccccc21.[Pt+2].[Pt+2].[Pt+2]. The summed E-state index contributed by atoms with van der Waals surface area (Å²) in [5.41, 5.74) is 33.7. The van der Waals surface area contributed by atoms with Gasteiger partial charge in [0.2, 0.25) is 0 Å². The van der Waals surface area contributed by atoms with Gasteiger partial charge in [0, 0.05) is 59.5 Å². The molecular formula is C131H86N16Pt3. The van der Waals surface area contributed by atoms with Crippen LogP contribution in [-0.4, -0.2) is 76.0 Å². The van der Waals surface area contributed by atoms with Gasteiger partial charge in [-0.05, 0) is 206 Å². The van der Waals surface area contributed by atoms with Gasteiger partial charge in [0.1, 0.15) is 5.65 Å². The Labute approximate surface area is 905 Å². The van der Waals surface area contributed by atoms with Crippen LogP contribution in [0.2, 0.25) is 0 Å². The molecule has 0 saturated heterocycles. The van der Waals surface area contributed by atoms with E-state index < -0.39 is 0 Å². The number of hydrogen-bond donors (Lipinski definition) is 0. The number of nitrogens with zero attached hydrogens (tertiary/aromatic N) is 16. The van der Waals surface area contributed by atoms with Crippen LogP contribution in [0.5, 0.6) is 0 Å². The van der Waals surface area contributed by atoms with Gasteiger partial charge in [-0.25, -0.2) is 4.98 Å². The Morgan fingerprint density at radius 3 is 0.880 bits per heavy atom. The number of pyridine rings is 1. The van der Waals surface area contributed by atoms with Gasteiger partial charge in [0.15, 0.2) is 0 Å². The van der Waals surface area contributed by atoms with Crippen molar-refractivity contribution in [2.45, 2.75) is 0 Å². The Kier molecular flexibility index (Phi) is 23.6. The van der Waals surface area contributed by atoms with Crippen molar-refractivity contribution < 1.29 is 63.2 Å². The molecule has 10 aromatic heterocycles. The summed E-state index contributed by atoms with van der Waals surface area (Å²) < 4.78 is 19.6. The van der Waals surface area contributed by atoms with E-state index in [1.807, 2.05) is 54.7 Å². The molecule has 0 bridgehead atoms. The van der Waals surface area contributed by atoms with Crippen molar-refractivity contribution in [2.75, 3.05) is 0 Å². The number of para-hydroxylation sites is 10. The van der Waals surface area contributed by atoms with Gasteiger partial charge < -0.3 is 41.1 Å². The Balaban J connectivity index is 0.000000115. The smallest absolute Gasteiger partial charge is 0.367 e. The van der Waals surface area contributed by atoms with Crippen molar-refractivity contribution in [1.29, 1.82) is 0 Å². The molecular weight excluding hydrogens is 2380 g/mol. The van der Waals surface area contributed by atoms with Crippen LogP contribution in [0.3, 0.4) is 0 Å². The standard InChI is InChI=1S/2C44H29N5.C43H28N6.3Pt/c1-47-40-19-7-5-17-37(40)45-43(47)30-13-9-14-32(25-30)49-39-24-22-29(34-16-10-12-28-11-3-4-15-33(28)34)26-36(39)35-23-21-31(27-42(35)49)44-46-38-18-6-8-20-41(38)48(44)2;1-47-39-19-7-5-17-37(39)45-43(47)30-13-9-14-32(25-30)49-41-26-29(34-16-10-12-28-11-3-4-15-33(28)34)21-23-35(41)36-24-22-31(27-42(36)49)44-46-38-18-6-8-20-40(38)48(44)2;1-47-38-18-6-5-17-36(38)45-41(47)29-12-7-13-31(24-29)49-39-26-30(19-21-34(39)35-16-9-23-44-43(35)49)42-46-37-22-20-28(25-40(37)48(42)2)33-15-8-11-27-10-3-4-14-32(27)33;;;/h2*3-24,26H,1-2H3;3-23,25H,1-2H3;;;/q3*-2;3*+2. The summed E-state index contributed by atoms with van der Waals surface area (Å²) >= 11 is 0. The fourth-order valence-electron chi connectivity index (χ4n) is 22.2. The molecule has 0 aliphatic carbocycles. The van der Waals surface area contributed by atoms with E-state index in [4.69, 9.17) is 34.9 Å². The number of rotatable bonds is 12. The molecule has 0 saturated carbocycles. The molecule has 720 valence electrons. The number of aromatic nitrogens is 16. The first kappa shape index (κ1) is 93.7. The van der Waals surface area contributed by atoms with Crippen molar-refractivity contribution in [3.8, 4) is 119 Å². The third-order valence-corrected chi connectivity index (χ3v) is 29.4. The second-order valence-corrected chi connectivity index (χ2v) is 37.8. The zero-order chi connectivity index (χ0) is 97.9. The second-order valence-electron chi connectivity index (χ2n) is 37.8. The number of aryl methyl sites for hydroxylation is 6. The maximum Gasteiger partial charge on any atom is 2.00 e. The predicted molar refractivity (Wildman–Crippen MR) is 600 cm³/mol. The molecule has 0 amide bonds. The van der Waals surface area contributed by atoms with E-state index in [-0.39, 0.29) is 63.2 Å². The zero-order valence-electron chi connectivity index (χ0n) is 81.9. The van der Waals surface area contributed by atoms with Crippen LogP contribution < -0.4 is 0 Å². The van der Waals surface area contributed by atoms with E-state index in [2.05, 4.69) is 478 Å². The van der Waals surface area contributed by atoms with Crippen LogP contribution in [0.25, 0.3) is 283 Å². The molecule has 0 aliphatic heterocycles. The van der Waals surface area contributed by atoms with E-state index in [1.54, 1.807) is 0 Å². The van der Waals surface area contributed by atoms with Gasteiger partial charge in [-0.15, -0.1) is 161 Å². The molecule has 20 aromatic carbocycles. The quantitative estimate of drug-likeness (QED) is 0.111. The summed E-state index contributed by atoms with van der Waals surface area (Å²) in [6.45, 7) is 0. The van der Waals surface area contributed by atoms with Gasteiger partial charge in [-0.2, -0.15) is 0 Å². The van der Waals surface area contributed by atoms with E-state index in [1.165, 1.54) is 60.1 Å². The summed E-state index contributed by atoms with van der Waals surface area (Å²) in [7, 11) is 12.4. The molecule has 30 rings (SSSR count). The monoisotopic (exact) mass is 2470 g/mol. The maximum absolute atomic E-state index is 5.11. The Hall–Kier alpha value is -17.4. The van der Waals surface area contributed by atoms with Crippen LogP contribution in [-0.2, 0) is 105 Å². The molecule has 0 spiro atoms. The van der Waals surface area contributed by atoms with Gasteiger partial charge >= 0.3 is 63.2 Å². The summed E-state index contributed by atoms with van der Waals surface area (Å²) in [4.78, 5) is 34.9. The topological polar surface area (TPSA) is 135 Å². The third kappa shape index (κ3) is 15.6. The molecule has 0 atom stereocenters. The van der Waals surface area contributed by atoms with Crippen LogP contribution in [0.1, 0.15) is 0 Å². The van der Waals surface area contributed by atoms with Crippen molar-refractivity contribution in [2.24, 2.45) is 42.3 Å². The fraction of sp³-hybridized carbons (Fsp3) is 0.0458. The van der Waals surface area contributed by atoms with Crippen molar-refractivity contribution in [1.82, 2.24) is 76.0 Å². The van der Waals surface area contributed by atoms with Crippen molar-refractivity contribution in [3.05, 3.63) is 449 Å². The molecule has 0 N–H and O–H groups in total. The van der Waals surface area contributed by atoms with Gasteiger partial charge in [-0.3, -0.25) is 29.9 Å². The average Bonchev–Trinajstić information content (AvgIpc) is 1.58. The molecule has 0 fully saturated rings. The maximum atomic E-state index is 5.11. The Morgan fingerprint density at radius 2 is 0.473 bits per heavy atom. The Morgan fingerprint density at radius 1 is 0.187 bits per heavy atom. The minimum atomic E-state index is 0. The average molecular weight is 2470 g/mol. The molecule has 19 heteroatoms. The van der Waals surface area contributed by atoms with Gasteiger partial charge in [0.05, 0.1) is 101 Å². The molecule has 150 heavy (non-hydrogen) atoms. The zero-order valence-corrected chi connectivity index (χ0v) is 88.7. The second kappa shape index (κ2) is 37.8. The summed E-state index contributed by atoms with van der Waals surface area (Å²) in [6.07, 6.45) is 1.84. The molecule has 30 aromatic rings. The van der Waals surface area contributed by atoms with E-state index in [9.17, 15) is 0 Å². The molecule has 16 nitrogen and oxygen atoms in total. The largest absolute Gasteiger partial charge is 2.00 e. The summed E-state index contributed by atoms with van der Waals surface area (Å²) in [5, 5.41) is 14.1. The van der Waals surface area contributed by atoms with E-state index >= 15 is 0 Å². The predicted octanol–water partition coefficient (Wildman–Crippen LogP) is 30.3. The van der Waals surface area contributed by atoms with Crippen molar-refractivity contribution in [3.63, 3.8) is 0 Å². The van der Waals surface area contributed by atoms with E-state index in [0.29, 0.717) is 0 Å². The van der Waals surface area contributed by atoms with Crippen LogP contribution in [0.15, 0.2) is 413 Å². The molecule has 0 aliphatic rings. The normalized spacial score (nSPS) is 11.6. The minimum absolute atomic E-state index is 0. The Bertz CT molecular complexity index is 10600. The van der Waals surface area contributed by atoms with Gasteiger partial charge in [-0.1, -0.05) is 241 Å². The first-order valence-corrected chi connectivity index (χ1v) is 49.3. The first-order chi connectivity index (χ1) is 72.4. The summed E-state index contributed by atoms with van der Waals surface area (Å²) in [5.74, 6) is 5.25. The third-order valence-electron chi connectivity index (χ3n) is 29.4. The number of hydrogen-bond acceptors (Lipinski definition) is 7. The van der Waals surface area contributed by atoms with Gasteiger partial charge in [0.25, 0.3) is 0 Å². The minimum Gasteiger partial charge on any atom is -0.367 e. The summed E-state index contributed by atoms with van der Waals surface area (Å²) in [6, 6.07) is 165. The van der Waals surface area contributed by atoms with E-state index in [0.717, 1.165) is 223 Å². The number of benzene rings is 20.